The van der Waals surface area contributed by atoms with Gasteiger partial charge in [-0.05, 0) is 43.7 Å². The van der Waals surface area contributed by atoms with Gasteiger partial charge in [-0.2, -0.15) is 0 Å². The molecule has 0 saturated heterocycles. The van der Waals surface area contributed by atoms with Crippen LogP contribution in [0, 0.1) is 13.8 Å². The van der Waals surface area contributed by atoms with Crippen LogP contribution < -0.4 is 4.74 Å². The van der Waals surface area contributed by atoms with Crippen molar-refractivity contribution >= 4 is 10.9 Å². The van der Waals surface area contributed by atoms with E-state index >= 15 is 0 Å². The maximum absolute atomic E-state index is 5.54. The summed E-state index contributed by atoms with van der Waals surface area (Å²) in [4.78, 5) is 14.0. The molecular formula is C22H19N3O. The second-order valence-electron chi connectivity index (χ2n) is 6.32. The Labute approximate surface area is 152 Å². The Kier molecular flexibility index (Phi) is 4.09. The Bertz CT molecular complexity index is 1110. The smallest absolute Gasteiger partial charge is 0.178 e. The lowest BCUT2D eigenvalue weighted by Crippen LogP contribution is -1.98. The molecular weight excluding hydrogens is 322 g/mol. The summed E-state index contributed by atoms with van der Waals surface area (Å²) in [6.07, 6.45) is 1.84. The topological polar surface area (TPSA) is 47.9 Å². The summed E-state index contributed by atoms with van der Waals surface area (Å²) >= 11 is 0. The van der Waals surface area contributed by atoms with Crippen LogP contribution in [0.5, 0.6) is 5.75 Å². The fourth-order valence-corrected chi connectivity index (χ4v) is 3.03. The second-order valence-corrected chi connectivity index (χ2v) is 6.32. The Morgan fingerprint density at radius 3 is 2.58 bits per heavy atom. The third-order valence-corrected chi connectivity index (χ3v) is 4.43. The number of rotatable bonds is 3. The molecule has 0 spiro atoms. The van der Waals surface area contributed by atoms with E-state index in [4.69, 9.17) is 9.72 Å². The number of pyridine rings is 1. The van der Waals surface area contributed by atoms with Gasteiger partial charge in [0.1, 0.15) is 11.4 Å². The average molecular weight is 341 g/mol. The predicted molar refractivity (Wildman–Crippen MR) is 104 cm³/mol. The normalized spacial score (nSPS) is 10.9. The molecule has 4 aromatic rings. The maximum atomic E-state index is 5.54. The Balaban J connectivity index is 1.87. The third kappa shape index (κ3) is 2.90. The van der Waals surface area contributed by atoms with E-state index in [1.807, 2.05) is 48.7 Å². The molecule has 0 aliphatic carbocycles. The van der Waals surface area contributed by atoms with Crippen LogP contribution in [0.15, 0.2) is 60.8 Å². The number of hydrogen-bond donors (Lipinski definition) is 0. The van der Waals surface area contributed by atoms with Crippen LogP contribution >= 0.6 is 0 Å². The monoisotopic (exact) mass is 341 g/mol. The average Bonchev–Trinajstić information content (AvgIpc) is 2.68. The van der Waals surface area contributed by atoms with Crippen LogP contribution in [0.4, 0.5) is 0 Å². The van der Waals surface area contributed by atoms with Gasteiger partial charge in [-0.25, -0.2) is 15.0 Å². The summed E-state index contributed by atoms with van der Waals surface area (Å²) in [6, 6.07) is 18.1. The molecule has 0 unspecified atom stereocenters. The molecule has 0 atom stereocenters. The molecule has 0 radical (unpaired) electrons. The number of aromatic nitrogens is 3. The van der Waals surface area contributed by atoms with Crippen molar-refractivity contribution in [2.75, 3.05) is 7.11 Å². The van der Waals surface area contributed by atoms with Gasteiger partial charge in [-0.3, -0.25) is 0 Å². The van der Waals surface area contributed by atoms with Crippen LogP contribution in [0.25, 0.3) is 33.7 Å². The fourth-order valence-electron chi connectivity index (χ4n) is 3.03. The van der Waals surface area contributed by atoms with Crippen LogP contribution in [0.2, 0.25) is 0 Å². The van der Waals surface area contributed by atoms with Gasteiger partial charge >= 0.3 is 0 Å². The van der Waals surface area contributed by atoms with Crippen molar-refractivity contribution in [3.63, 3.8) is 0 Å². The summed E-state index contributed by atoms with van der Waals surface area (Å²) < 4.78 is 5.54. The number of nitrogens with zero attached hydrogens (tertiary/aromatic N) is 3. The van der Waals surface area contributed by atoms with Crippen molar-refractivity contribution in [3.8, 4) is 28.5 Å². The molecule has 0 amide bonds. The van der Waals surface area contributed by atoms with E-state index in [1.54, 1.807) is 7.11 Å². The molecule has 0 saturated carbocycles. The molecule has 128 valence electrons. The van der Waals surface area contributed by atoms with E-state index in [-0.39, 0.29) is 0 Å². The van der Waals surface area contributed by atoms with Crippen LogP contribution in [0.3, 0.4) is 0 Å². The minimum atomic E-state index is 0.622. The number of hydrogen-bond acceptors (Lipinski definition) is 4. The Hall–Kier alpha value is -3.27. The van der Waals surface area contributed by atoms with Crippen LogP contribution in [0.1, 0.15) is 11.1 Å². The molecule has 0 bridgehead atoms. The Morgan fingerprint density at radius 1 is 0.885 bits per heavy atom. The first-order valence-electron chi connectivity index (χ1n) is 8.50. The highest BCUT2D eigenvalue weighted by Crippen LogP contribution is 2.33. The molecule has 2 aromatic carbocycles. The van der Waals surface area contributed by atoms with Gasteiger partial charge in [0.15, 0.2) is 5.82 Å². The zero-order valence-electron chi connectivity index (χ0n) is 15.0. The van der Waals surface area contributed by atoms with E-state index in [9.17, 15) is 0 Å². The molecule has 0 aliphatic heterocycles. The van der Waals surface area contributed by atoms with Gasteiger partial charge in [0.25, 0.3) is 0 Å². The number of para-hydroxylation sites is 1. The first kappa shape index (κ1) is 16.2. The Morgan fingerprint density at radius 2 is 1.73 bits per heavy atom. The van der Waals surface area contributed by atoms with Crippen molar-refractivity contribution in [2.45, 2.75) is 13.8 Å². The molecule has 0 fully saturated rings. The quantitative estimate of drug-likeness (QED) is 0.527. The second kappa shape index (κ2) is 6.56. The zero-order valence-corrected chi connectivity index (χ0v) is 15.0. The van der Waals surface area contributed by atoms with Gasteiger partial charge < -0.3 is 4.74 Å². The van der Waals surface area contributed by atoms with E-state index in [0.29, 0.717) is 5.82 Å². The standard InChI is InChI=1S/C22H19N3O/c1-14-8-11-20(26-3)17(12-14)21-15(2)9-10-19(24-21)22-23-13-16-6-4-5-7-18(16)25-22/h4-13H,1-3H3. The minimum absolute atomic E-state index is 0.622. The molecule has 26 heavy (non-hydrogen) atoms. The number of fused-ring (bicyclic) bond motifs is 1. The van der Waals surface area contributed by atoms with E-state index < -0.39 is 0 Å². The van der Waals surface area contributed by atoms with E-state index in [0.717, 1.165) is 44.7 Å². The number of aryl methyl sites for hydroxylation is 2. The molecule has 4 nitrogen and oxygen atoms in total. The van der Waals surface area contributed by atoms with Crippen molar-refractivity contribution in [1.29, 1.82) is 0 Å². The first-order chi connectivity index (χ1) is 12.7. The summed E-state index contributed by atoms with van der Waals surface area (Å²) in [5, 5.41) is 1.02. The third-order valence-electron chi connectivity index (χ3n) is 4.43. The van der Waals surface area contributed by atoms with E-state index in [2.05, 4.69) is 35.9 Å². The number of ether oxygens (including phenoxy) is 1. The summed E-state index contributed by atoms with van der Waals surface area (Å²) in [6.45, 7) is 4.11. The van der Waals surface area contributed by atoms with Crippen LogP contribution in [-0.4, -0.2) is 22.1 Å². The molecule has 0 N–H and O–H groups in total. The fraction of sp³-hybridized carbons (Fsp3) is 0.136. The molecule has 2 aromatic heterocycles. The number of benzene rings is 2. The van der Waals surface area contributed by atoms with Gasteiger partial charge in [0.05, 0.1) is 18.3 Å². The highest BCUT2D eigenvalue weighted by molar-refractivity contribution is 5.79. The SMILES string of the molecule is COc1ccc(C)cc1-c1nc(-c2ncc3ccccc3n2)ccc1C. The maximum Gasteiger partial charge on any atom is 0.178 e. The van der Waals surface area contributed by atoms with Gasteiger partial charge in [0, 0.05) is 17.1 Å². The van der Waals surface area contributed by atoms with Gasteiger partial charge in [0.2, 0.25) is 0 Å². The van der Waals surface area contributed by atoms with Crippen molar-refractivity contribution < 1.29 is 4.74 Å². The lowest BCUT2D eigenvalue weighted by Gasteiger charge is -2.12. The van der Waals surface area contributed by atoms with Gasteiger partial charge in [-0.1, -0.05) is 35.9 Å². The highest BCUT2D eigenvalue weighted by atomic mass is 16.5. The lowest BCUT2D eigenvalue weighted by molar-refractivity contribution is 0.416. The van der Waals surface area contributed by atoms with Crippen molar-refractivity contribution in [2.24, 2.45) is 0 Å². The molecule has 2 heterocycles. The highest BCUT2D eigenvalue weighted by Gasteiger charge is 2.13. The largest absolute Gasteiger partial charge is 0.496 e. The molecule has 4 heteroatoms. The van der Waals surface area contributed by atoms with Gasteiger partial charge in [-0.15, -0.1) is 0 Å². The molecule has 4 rings (SSSR count). The van der Waals surface area contributed by atoms with E-state index in [1.165, 1.54) is 0 Å². The summed E-state index contributed by atoms with van der Waals surface area (Å²) in [5.41, 5.74) is 5.77. The van der Waals surface area contributed by atoms with Crippen molar-refractivity contribution in [3.05, 3.63) is 71.9 Å². The summed E-state index contributed by atoms with van der Waals surface area (Å²) in [7, 11) is 1.68. The minimum Gasteiger partial charge on any atom is -0.496 e. The number of methoxy groups -OCH3 is 1. The lowest BCUT2D eigenvalue weighted by atomic mass is 10.0. The zero-order chi connectivity index (χ0) is 18.1. The van der Waals surface area contributed by atoms with Crippen molar-refractivity contribution in [1.82, 2.24) is 15.0 Å². The summed E-state index contributed by atoms with van der Waals surface area (Å²) in [5.74, 6) is 1.43. The van der Waals surface area contributed by atoms with Crippen LogP contribution in [-0.2, 0) is 0 Å². The predicted octanol–water partition coefficient (Wildman–Crippen LogP) is 4.98. The molecule has 0 aliphatic rings. The first-order valence-corrected chi connectivity index (χ1v) is 8.50.